The third-order valence-corrected chi connectivity index (χ3v) is 3.00. The molecule has 0 amide bonds. The molecule has 2 aromatic rings. The van der Waals surface area contributed by atoms with Crippen LogP contribution in [0, 0.1) is 12.7 Å². The molecule has 1 aromatic heterocycles. The standard InChI is InChI=1S/C13H16FN3O2/c1-8(15-3)10-4-5-13(11(14)6-10)18-7-12-9(2)16-19-17-12/h4-6,8,15H,7H2,1-3H3. The average molecular weight is 265 g/mol. The van der Waals surface area contributed by atoms with Gasteiger partial charge in [-0.05, 0) is 38.6 Å². The maximum absolute atomic E-state index is 13.9. The van der Waals surface area contributed by atoms with Gasteiger partial charge in [-0.25, -0.2) is 9.02 Å². The van der Waals surface area contributed by atoms with E-state index in [4.69, 9.17) is 4.74 Å². The molecule has 0 aliphatic heterocycles. The number of ether oxygens (including phenoxy) is 1. The highest BCUT2D eigenvalue weighted by Gasteiger charge is 2.11. The largest absolute Gasteiger partial charge is 0.484 e. The zero-order chi connectivity index (χ0) is 13.8. The first-order chi connectivity index (χ1) is 9.11. The van der Waals surface area contributed by atoms with E-state index in [0.717, 1.165) is 5.56 Å². The fourth-order valence-corrected chi connectivity index (χ4v) is 1.60. The third-order valence-electron chi connectivity index (χ3n) is 3.00. The van der Waals surface area contributed by atoms with E-state index in [1.807, 2.05) is 20.0 Å². The summed E-state index contributed by atoms with van der Waals surface area (Å²) in [5.74, 6) is -0.205. The van der Waals surface area contributed by atoms with Crippen LogP contribution in [0.2, 0.25) is 0 Å². The first kappa shape index (κ1) is 13.5. The number of hydrogen-bond donors (Lipinski definition) is 1. The van der Waals surface area contributed by atoms with Gasteiger partial charge in [0.25, 0.3) is 0 Å². The molecule has 0 bridgehead atoms. The molecular formula is C13H16FN3O2. The Labute approximate surface area is 110 Å². The van der Waals surface area contributed by atoms with Crippen molar-refractivity contribution in [2.24, 2.45) is 0 Å². The molecule has 1 unspecified atom stereocenters. The molecule has 19 heavy (non-hydrogen) atoms. The fourth-order valence-electron chi connectivity index (χ4n) is 1.60. The highest BCUT2D eigenvalue weighted by Crippen LogP contribution is 2.22. The van der Waals surface area contributed by atoms with Crippen LogP contribution in [-0.2, 0) is 6.61 Å². The van der Waals surface area contributed by atoms with Gasteiger partial charge in [-0.15, -0.1) is 0 Å². The quantitative estimate of drug-likeness (QED) is 0.899. The van der Waals surface area contributed by atoms with Gasteiger partial charge in [0.2, 0.25) is 0 Å². The highest BCUT2D eigenvalue weighted by molar-refractivity contribution is 5.31. The summed E-state index contributed by atoms with van der Waals surface area (Å²) in [6.45, 7) is 3.84. The van der Waals surface area contributed by atoms with Gasteiger partial charge in [-0.1, -0.05) is 16.4 Å². The van der Waals surface area contributed by atoms with Gasteiger partial charge in [0, 0.05) is 6.04 Å². The van der Waals surface area contributed by atoms with Crippen LogP contribution >= 0.6 is 0 Å². The Hall–Kier alpha value is -1.95. The highest BCUT2D eigenvalue weighted by atomic mass is 19.1. The monoisotopic (exact) mass is 265 g/mol. The zero-order valence-corrected chi connectivity index (χ0v) is 11.1. The van der Waals surface area contributed by atoms with Gasteiger partial charge in [-0.2, -0.15) is 0 Å². The van der Waals surface area contributed by atoms with Gasteiger partial charge < -0.3 is 10.1 Å². The van der Waals surface area contributed by atoms with Crippen molar-refractivity contribution in [2.45, 2.75) is 26.5 Å². The number of nitrogens with one attached hydrogen (secondary N) is 1. The maximum atomic E-state index is 13.9. The van der Waals surface area contributed by atoms with Crippen LogP contribution in [0.1, 0.15) is 29.9 Å². The Morgan fingerprint density at radius 2 is 2.21 bits per heavy atom. The van der Waals surface area contributed by atoms with Crippen LogP contribution in [-0.4, -0.2) is 17.4 Å². The molecule has 0 aliphatic rings. The Morgan fingerprint density at radius 1 is 1.42 bits per heavy atom. The first-order valence-electron chi connectivity index (χ1n) is 5.99. The normalized spacial score (nSPS) is 12.4. The number of benzene rings is 1. The maximum Gasteiger partial charge on any atom is 0.165 e. The summed E-state index contributed by atoms with van der Waals surface area (Å²) >= 11 is 0. The molecule has 1 N–H and O–H groups in total. The molecule has 0 aliphatic carbocycles. The van der Waals surface area contributed by atoms with Crippen molar-refractivity contribution in [2.75, 3.05) is 7.05 Å². The fraction of sp³-hybridized carbons (Fsp3) is 0.385. The number of halogens is 1. The lowest BCUT2D eigenvalue weighted by Gasteiger charge is -2.12. The van der Waals surface area contributed by atoms with Crippen molar-refractivity contribution in [3.63, 3.8) is 0 Å². The van der Waals surface area contributed by atoms with Crippen LogP contribution in [0.15, 0.2) is 22.8 Å². The van der Waals surface area contributed by atoms with Crippen LogP contribution in [0.25, 0.3) is 0 Å². The lowest BCUT2D eigenvalue weighted by Crippen LogP contribution is -2.12. The van der Waals surface area contributed by atoms with Crippen molar-refractivity contribution in [3.05, 3.63) is 41.0 Å². The number of aromatic nitrogens is 2. The van der Waals surface area contributed by atoms with Crippen molar-refractivity contribution in [3.8, 4) is 5.75 Å². The summed E-state index contributed by atoms with van der Waals surface area (Å²) in [4.78, 5) is 0. The molecular weight excluding hydrogens is 249 g/mol. The van der Waals surface area contributed by atoms with E-state index < -0.39 is 5.82 Å². The average Bonchev–Trinajstić information content (AvgIpc) is 2.82. The number of hydrogen-bond acceptors (Lipinski definition) is 5. The van der Waals surface area contributed by atoms with E-state index in [0.29, 0.717) is 11.4 Å². The van der Waals surface area contributed by atoms with Crippen molar-refractivity contribution in [1.29, 1.82) is 0 Å². The minimum atomic E-state index is -0.395. The Kier molecular flexibility index (Phi) is 4.11. The van der Waals surface area contributed by atoms with E-state index in [1.54, 1.807) is 13.0 Å². The molecule has 1 heterocycles. The Morgan fingerprint density at radius 3 is 2.79 bits per heavy atom. The summed E-state index contributed by atoms with van der Waals surface area (Å²) in [7, 11) is 1.83. The van der Waals surface area contributed by atoms with E-state index in [9.17, 15) is 4.39 Å². The van der Waals surface area contributed by atoms with Crippen LogP contribution in [0.5, 0.6) is 5.75 Å². The molecule has 102 valence electrons. The summed E-state index contributed by atoms with van der Waals surface area (Å²) < 4.78 is 23.8. The lowest BCUT2D eigenvalue weighted by atomic mass is 10.1. The predicted molar refractivity (Wildman–Crippen MR) is 67.2 cm³/mol. The van der Waals surface area contributed by atoms with Crippen LogP contribution in [0.3, 0.4) is 0 Å². The molecule has 0 fully saturated rings. The Balaban J connectivity index is 2.07. The minimum absolute atomic E-state index is 0.0885. The second-order valence-electron chi connectivity index (χ2n) is 4.29. The minimum Gasteiger partial charge on any atom is -0.484 e. The van der Waals surface area contributed by atoms with E-state index in [1.165, 1.54) is 6.07 Å². The summed E-state index contributed by atoms with van der Waals surface area (Å²) in [6, 6.07) is 4.99. The second kappa shape index (κ2) is 5.79. The molecule has 5 nitrogen and oxygen atoms in total. The Bertz CT molecular complexity index is 557. The zero-order valence-electron chi connectivity index (χ0n) is 11.1. The lowest BCUT2D eigenvalue weighted by molar-refractivity contribution is 0.262. The SMILES string of the molecule is CNC(C)c1ccc(OCc2nonc2C)c(F)c1. The topological polar surface area (TPSA) is 60.2 Å². The molecule has 1 aromatic carbocycles. The summed E-state index contributed by atoms with van der Waals surface area (Å²) in [5.41, 5.74) is 2.07. The van der Waals surface area contributed by atoms with Crippen molar-refractivity contribution < 1.29 is 13.8 Å². The molecule has 1 atom stereocenters. The predicted octanol–water partition coefficient (Wildman–Crippen LogP) is 2.38. The van der Waals surface area contributed by atoms with E-state index in [-0.39, 0.29) is 18.4 Å². The van der Waals surface area contributed by atoms with Gasteiger partial charge in [0.15, 0.2) is 11.6 Å². The molecule has 0 saturated heterocycles. The summed E-state index contributed by atoms with van der Waals surface area (Å²) in [6.07, 6.45) is 0. The third kappa shape index (κ3) is 3.08. The van der Waals surface area contributed by atoms with Crippen LogP contribution in [0.4, 0.5) is 4.39 Å². The van der Waals surface area contributed by atoms with Crippen LogP contribution < -0.4 is 10.1 Å². The van der Waals surface area contributed by atoms with E-state index in [2.05, 4.69) is 20.3 Å². The molecule has 6 heteroatoms. The number of rotatable bonds is 5. The van der Waals surface area contributed by atoms with Crippen molar-refractivity contribution >= 4 is 0 Å². The van der Waals surface area contributed by atoms with Crippen molar-refractivity contribution in [1.82, 2.24) is 15.6 Å². The second-order valence-corrected chi connectivity index (χ2v) is 4.29. The van der Waals surface area contributed by atoms with Gasteiger partial charge in [-0.3, -0.25) is 0 Å². The molecule has 0 spiro atoms. The van der Waals surface area contributed by atoms with Gasteiger partial charge in [0.05, 0.1) is 0 Å². The number of aryl methyl sites for hydroxylation is 1. The molecule has 0 saturated carbocycles. The number of nitrogens with zero attached hydrogens (tertiary/aromatic N) is 2. The smallest absolute Gasteiger partial charge is 0.165 e. The van der Waals surface area contributed by atoms with E-state index >= 15 is 0 Å². The summed E-state index contributed by atoms with van der Waals surface area (Å²) in [5, 5.41) is 10.4. The van der Waals surface area contributed by atoms with Gasteiger partial charge >= 0.3 is 0 Å². The first-order valence-corrected chi connectivity index (χ1v) is 5.99. The molecule has 0 radical (unpaired) electrons. The van der Waals surface area contributed by atoms with Gasteiger partial charge in [0.1, 0.15) is 18.0 Å². The molecule has 2 rings (SSSR count).